The molecule has 0 radical (unpaired) electrons. The molecule has 1 atom stereocenters. The van der Waals surface area contributed by atoms with Crippen LogP contribution in [0.25, 0.3) is 0 Å². The minimum absolute atomic E-state index is 0.183. The number of amides is 1. The minimum atomic E-state index is -0.183. The number of likely N-dealkylation sites (tertiary alicyclic amines) is 1. The smallest absolute Gasteiger partial charge is 0.251 e. The van der Waals surface area contributed by atoms with Crippen molar-refractivity contribution >= 4 is 35.1 Å². The Bertz CT molecular complexity index is 705. The van der Waals surface area contributed by atoms with Crippen LogP contribution in [-0.4, -0.2) is 62.7 Å². The van der Waals surface area contributed by atoms with E-state index in [4.69, 9.17) is 27.9 Å². The van der Waals surface area contributed by atoms with Gasteiger partial charge in [0.15, 0.2) is 5.96 Å². The first-order valence-electron chi connectivity index (χ1n) is 9.37. The zero-order chi connectivity index (χ0) is 19.3. The predicted octanol–water partition coefficient (Wildman–Crippen LogP) is 2.80. The number of aliphatic imine (C=N–C) groups is 1. The summed E-state index contributed by atoms with van der Waals surface area (Å²) in [5.74, 6) is 0.724. The lowest BCUT2D eigenvalue weighted by Crippen LogP contribution is -2.42. The molecule has 1 aromatic carbocycles. The zero-order valence-electron chi connectivity index (χ0n) is 15.6. The van der Waals surface area contributed by atoms with Gasteiger partial charge in [0, 0.05) is 43.8 Å². The summed E-state index contributed by atoms with van der Waals surface area (Å²) in [6.07, 6.45) is 2.27. The van der Waals surface area contributed by atoms with Crippen LogP contribution in [0.3, 0.4) is 0 Å². The van der Waals surface area contributed by atoms with Gasteiger partial charge in [-0.1, -0.05) is 23.2 Å². The third-order valence-corrected chi connectivity index (χ3v) is 5.84. The van der Waals surface area contributed by atoms with Crippen LogP contribution in [0.4, 0.5) is 0 Å². The number of ether oxygens (including phenoxy) is 1. The van der Waals surface area contributed by atoms with E-state index in [0.29, 0.717) is 28.7 Å². The van der Waals surface area contributed by atoms with Crippen molar-refractivity contribution in [3.63, 3.8) is 0 Å². The molecule has 2 heterocycles. The van der Waals surface area contributed by atoms with Gasteiger partial charge in [-0.3, -0.25) is 9.79 Å². The standard InChI is InChI=1S/C19H26Cl2N4O2/c1-2-22-18(25-9-5-19(12-25)6-10-27-13-19)24-8-7-23-17(26)14-3-4-15(20)16(21)11-14/h3-4,11H,2,5-10,12-13H2,1H3,(H,22,24)(H,23,26). The first kappa shape index (κ1) is 20.2. The van der Waals surface area contributed by atoms with E-state index in [9.17, 15) is 4.79 Å². The molecule has 2 saturated heterocycles. The molecule has 2 fully saturated rings. The molecule has 27 heavy (non-hydrogen) atoms. The molecular weight excluding hydrogens is 387 g/mol. The minimum Gasteiger partial charge on any atom is -0.381 e. The first-order chi connectivity index (χ1) is 13.0. The lowest BCUT2D eigenvalue weighted by Gasteiger charge is -2.25. The zero-order valence-corrected chi connectivity index (χ0v) is 17.1. The molecule has 148 valence electrons. The molecule has 2 aliphatic rings. The Kier molecular flexibility index (Phi) is 6.84. The topological polar surface area (TPSA) is 66.0 Å². The third kappa shape index (κ3) is 5.06. The van der Waals surface area contributed by atoms with Gasteiger partial charge < -0.3 is 20.3 Å². The Hall–Kier alpha value is -1.50. The normalized spacial score (nSPS) is 22.5. The van der Waals surface area contributed by atoms with Crippen molar-refractivity contribution in [3.05, 3.63) is 33.8 Å². The van der Waals surface area contributed by atoms with E-state index >= 15 is 0 Å². The van der Waals surface area contributed by atoms with Gasteiger partial charge in [-0.2, -0.15) is 0 Å². The fourth-order valence-corrected chi connectivity index (χ4v) is 3.88. The fraction of sp³-hybridized carbons (Fsp3) is 0.579. The summed E-state index contributed by atoms with van der Waals surface area (Å²) < 4.78 is 5.60. The monoisotopic (exact) mass is 412 g/mol. The number of hydrogen-bond acceptors (Lipinski definition) is 3. The van der Waals surface area contributed by atoms with Gasteiger partial charge >= 0.3 is 0 Å². The highest BCUT2D eigenvalue weighted by molar-refractivity contribution is 6.42. The number of nitrogens with one attached hydrogen (secondary N) is 2. The van der Waals surface area contributed by atoms with Crippen molar-refractivity contribution < 1.29 is 9.53 Å². The van der Waals surface area contributed by atoms with Gasteiger partial charge in [0.1, 0.15) is 0 Å². The maximum Gasteiger partial charge on any atom is 0.251 e. The van der Waals surface area contributed by atoms with Gasteiger partial charge in [-0.15, -0.1) is 0 Å². The Balaban J connectivity index is 1.51. The van der Waals surface area contributed by atoms with Crippen LogP contribution in [0, 0.1) is 5.41 Å². The number of benzene rings is 1. The van der Waals surface area contributed by atoms with Crippen LogP contribution in [0.15, 0.2) is 23.2 Å². The van der Waals surface area contributed by atoms with Gasteiger partial charge in [-0.05, 0) is 38.0 Å². The number of carbonyl (C=O) groups excluding carboxylic acids is 1. The van der Waals surface area contributed by atoms with Crippen molar-refractivity contribution in [1.82, 2.24) is 15.5 Å². The van der Waals surface area contributed by atoms with Crippen molar-refractivity contribution in [3.8, 4) is 0 Å². The summed E-state index contributed by atoms with van der Waals surface area (Å²) in [6, 6.07) is 4.85. The Morgan fingerprint density at radius 3 is 2.85 bits per heavy atom. The van der Waals surface area contributed by atoms with E-state index in [0.717, 1.165) is 51.6 Å². The molecule has 6 nitrogen and oxygen atoms in total. The summed E-state index contributed by atoms with van der Waals surface area (Å²) in [5, 5.41) is 7.03. The SMILES string of the molecule is CCNC(=NCCNC(=O)c1ccc(Cl)c(Cl)c1)N1CCC2(CCOC2)C1. The summed E-state index contributed by atoms with van der Waals surface area (Å²) in [4.78, 5) is 19.2. The highest BCUT2D eigenvalue weighted by Gasteiger charge is 2.42. The Labute approximate surface area is 170 Å². The average Bonchev–Trinajstić information content (AvgIpc) is 3.30. The van der Waals surface area contributed by atoms with Crippen LogP contribution in [-0.2, 0) is 4.74 Å². The number of nitrogens with zero attached hydrogens (tertiary/aromatic N) is 2. The molecule has 1 spiro atoms. The van der Waals surface area contributed by atoms with Gasteiger partial charge in [0.2, 0.25) is 0 Å². The average molecular weight is 413 g/mol. The first-order valence-corrected chi connectivity index (χ1v) is 10.1. The molecule has 3 rings (SSSR count). The molecule has 0 bridgehead atoms. The van der Waals surface area contributed by atoms with Crippen LogP contribution in [0.2, 0.25) is 10.0 Å². The van der Waals surface area contributed by atoms with Crippen LogP contribution >= 0.6 is 23.2 Å². The van der Waals surface area contributed by atoms with Gasteiger partial charge in [-0.25, -0.2) is 0 Å². The fourth-order valence-electron chi connectivity index (χ4n) is 3.58. The van der Waals surface area contributed by atoms with Crippen molar-refractivity contribution in [2.24, 2.45) is 10.4 Å². The van der Waals surface area contributed by atoms with E-state index in [-0.39, 0.29) is 11.3 Å². The highest BCUT2D eigenvalue weighted by atomic mass is 35.5. The molecule has 2 aliphatic heterocycles. The van der Waals surface area contributed by atoms with Crippen LogP contribution in [0.5, 0.6) is 0 Å². The van der Waals surface area contributed by atoms with Crippen molar-refractivity contribution in [2.45, 2.75) is 19.8 Å². The van der Waals surface area contributed by atoms with Gasteiger partial charge in [0.05, 0.1) is 23.2 Å². The number of hydrogen-bond donors (Lipinski definition) is 2. The van der Waals surface area contributed by atoms with E-state index in [1.165, 1.54) is 0 Å². The molecule has 2 N–H and O–H groups in total. The summed E-state index contributed by atoms with van der Waals surface area (Å²) in [7, 11) is 0. The van der Waals surface area contributed by atoms with E-state index < -0.39 is 0 Å². The lowest BCUT2D eigenvalue weighted by molar-refractivity contribution is 0.0955. The molecule has 8 heteroatoms. The van der Waals surface area contributed by atoms with E-state index in [2.05, 4.69) is 27.4 Å². The second kappa shape index (κ2) is 9.13. The van der Waals surface area contributed by atoms with Crippen molar-refractivity contribution in [2.75, 3.05) is 45.9 Å². The Morgan fingerprint density at radius 1 is 1.30 bits per heavy atom. The predicted molar refractivity (Wildman–Crippen MR) is 109 cm³/mol. The van der Waals surface area contributed by atoms with Crippen LogP contribution in [0.1, 0.15) is 30.1 Å². The summed E-state index contributed by atoms with van der Waals surface area (Å²) >= 11 is 11.8. The maximum absolute atomic E-state index is 12.2. The van der Waals surface area contributed by atoms with E-state index in [1.807, 2.05) is 0 Å². The second-order valence-electron chi connectivity index (χ2n) is 7.09. The second-order valence-corrected chi connectivity index (χ2v) is 7.91. The molecule has 0 aromatic heterocycles. The molecule has 1 unspecified atom stereocenters. The largest absolute Gasteiger partial charge is 0.381 e. The quantitative estimate of drug-likeness (QED) is 0.443. The maximum atomic E-state index is 12.2. The summed E-state index contributed by atoms with van der Waals surface area (Å²) in [5.41, 5.74) is 0.779. The van der Waals surface area contributed by atoms with Crippen molar-refractivity contribution in [1.29, 1.82) is 0 Å². The number of rotatable bonds is 5. The highest BCUT2D eigenvalue weighted by Crippen LogP contribution is 2.38. The molecule has 1 amide bonds. The molecule has 0 aliphatic carbocycles. The van der Waals surface area contributed by atoms with E-state index in [1.54, 1.807) is 18.2 Å². The Morgan fingerprint density at radius 2 is 2.15 bits per heavy atom. The van der Waals surface area contributed by atoms with Crippen LogP contribution < -0.4 is 10.6 Å². The number of carbonyl (C=O) groups is 1. The lowest BCUT2D eigenvalue weighted by atomic mass is 9.87. The summed E-state index contributed by atoms with van der Waals surface area (Å²) in [6.45, 7) is 7.52. The number of guanidine groups is 1. The molecule has 1 aromatic rings. The van der Waals surface area contributed by atoms with Gasteiger partial charge in [0.25, 0.3) is 5.91 Å². The number of halogens is 2. The molecular formula is C19H26Cl2N4O2. The third-order valence-electron chi connectivity index (χ3n) is 5.10. The molecule has 0 saturated carbocycles.